The lowest BCUT2D eigenvalue weighted by atomic mass is 9.47. The summed E-state index contributed by atoms with van der Waals surface area (Å²) in [5.74, 6) is 5.19. The molecule has 0 radical (unpaired) electrons. The summed E-state index contributed by atoms with van der Waals surface area (Å²) in [6.45, 7) is 12.5. The highest BCUT2D eigenvalue weighted by atomic mass is 35.5. The van der Waals surface area contributed by atoms with E-state index in [0.717, 1.165) is 54.8 Å². The number of hydrogen-bond acceptors (Lipinski definition) is 2. The van der Waals surface area contributed by atoms with Crippen LogP contribution >= 0.6 is 11.6 Å². The molecule has 8 atom stereocenters. The van der Waals surface area contributed by atoms with Crippen LogP contribution in [0.15, 0.2) is 11.6 Å². The number of hydrogen-bond donors (Lipinski definition) is 0. The van der Waals surface area contributed by atoms with Crippen LogP contribution in [0.2, 0.25) is 0 Å². The average molecular weight is 449 g/mol. The number of ether oxygens (including phenoxy) is 1. The van der Waals surface area contributed by atoms with Gasteiger partial charge in [-0.05, 0) is 91.3 Å². The van der Waals surface area contributed by atoms with Gasteiger partial charge in [0.2, 0.25) is 0 Å². The molecule has 4 rings (SSSR count). The molecule has 176 valence electrons. The molecule has 0 aromatic rings. The molecule has 0 saturated heterocycles. The van der Waals surface area contributed by atoms with Gasteiger partial charge in [-0.15, -0.1) is 0 Å². The van der Waals surface area contributed by atoms with Crippen LogP contribution in [0.3, 0.4) is 0 Å². The van der Waals surface area contributed by atoms with Crippen LogP contribution in [0.25, 0.3) is 0 Å². The van der Waals surface area contributed by atoms with Gasteiger partial charge in [-0.1, -0.05) is 65.5 Å². The van der Waals surface area contributed by atoms with E-state index in [-0.39, 0.29) is 6.10 Å². The lowest BCUT2D eigenvalue weighted by molar-refractivity contribution is -0.0573. The van der Waals surface area contributed by atoms with E-state index in [1.54, 1.807) is 5.57 Å². The first-order valence-corrected chi connectivity index (χ1v) is 13.6. The van der Waals surface area contributed by atoms with E-state index in [1.165, 1.54) is 51.4 Å². The highest BCUT2D eigenvalue weighted by Crippen LogP contribution is 2.67. The lowest BCUT2D eigenvalue weighted by Crippen LogP contribution is -2.51. The fourth-order valence-electron chi connectivity index (χ4n) is 8.88. The van der Waals surface area contributed by atoms with Crippen LogP contribution in [0, 0.1) is 46.3 Å². The predicted octanol–water partition coefficient (Wildman–Crippen LogP) is 8.77. The van der Waals surface area contributed by atoms with Gasteiger partial charge in [-0.3, -0.25) is 0 Å². The summed E-state index contributed by atoms with van der Waals surface area (Å²) >= 11 is 5.51. The molecular formula is C28H45ClO2. The van der Waals surface area contributed by atoms with Crippen molar-refractivity contribution in [3.63, 3.8) is 0 Å². The Morgan fingerprint density at radius 2 is 1.87 bits per heavy atom. The second-order valence-corrected chi connectivity index (χ2v) is 12.8. The molecule has 4 aliphatic carbocycles. The standard InChI is InChI=1S/C28H45ClO2/c1-18(2)7-6-8-19(3)23-11-12-24-22-10-9-20-17-21(31-26(29)30)13-15-27(20,4)25(22)14-16-28(23,24)5/h9,18-19,21-25H,6-8,10-17H2,1-5H3/t19?,21?,22?,23-,24?,25?,27?,28?/m1/s1. The normalized spacial score (nSPS) is 42.9. The molecular weight excluding hydrogens is 404 g/mol. The van der Waals surface area contributed by atoms with E-state index in [9.17, 15) is 4.79 Å². The van der Waals surface area contributed by atoms with Gasteiger partial charge >= 0.3 is 5.43 Å². The Labute approximate surface area is 195 Å². The summed E-state index contributed by atoms with van der Waals surface area (Å²) in [6.07, 6.45) is 16.7. The zero-order chi connectivity index (χ0) is 22.4. The summed E-state index contributed by atoms with van der Waals surface area (Å²) in [5, 5.41) is 0. The largest absolute Gasteiger partial charge is 0.450 e. The number of carbonyl (C=O) groups is 1. The van der Waals surface area contributed by atoms with E-state index in [4.69, 9.17) is 16.3 Å². The number of fused-ring (bicyclic) bond motifs is 5. The van der Waals surface area contributed by atoms with Crippen molar-refractivity contribution in [2.24, 2.45) is 46.3 Å². The Bertz CT molecular complexity index is 699. The maximum absolute atomic E-state index is 11.2. The van der Waals surface area contributed by atoms with E-state index in [1.807, 2.05) is 0 Å². The van der Waals surface area contributed by atoms with Crippen molar-refractivity contribution in [2.45, 2.75) is 111 Å². The van der Waals surface area contributed by atoms with Crippen LogP contribution in [-0.2, 0) is 4.74 Å². The maximum atomic E-state index is 11.2. The minimum absolute atomic E-state index is 0.0164. The van der Waals surface area contributed by atoms with Crippen molar-refractivity contribution in [1.82, 2.24) is 0 Å². The van der Waals surface area contributed by atoms with Crippen LogP contribution < -0.4 is 0 Å². The van der Waals surface area contributed by atoms with Crippen LogP contribution in [-0.4, -0.2) is 11.5 Å². The Morgan fingerprint density at radius 3 is 2.58 bits per heavy atom. The van der Waals surface area contributed by atoms with Crippen molar-refractivity contribution in [1.29, 1.82) is 0 Å². The van der Waals surface area contributed by atoms with Gasteiger partial charge in [-0.25, -0.2) is 4.79 Å². The first-order chi connectivity index (χ1) is 14.6. The third-order valence-corrected chi connectivity index (χ3v) is 10.6. The van der Waals surface area contributed by atoms with E-state index in [2.05, 4.69) is 40.7 Å². The lowest BCUT2D eigenvalue weighted by Gasteiger charge is -2.58. The summed E-state index contributed by atoms with van der Waals surface area (Å²) in [4.78, 5) is 11.2. The molecule has 0 spiro atoms. The highest BCUT2D eigenvalue weighted by Gasteiger charge is 2.59. The molecule has 7 unspecified atom stereocenters. The summed E-state index contributed by atoms with van der Waals surface area (Å²) in [6, 6.07) is 0. The van der Waals surface area contributed by atoms with Gasteiger partial charge in [0.05, 0.1) is 0 Å². The van der Waals surface area contributed by atoms with Gasteiger partial charge in [-0.2, -0.15) is 0 Å². The fraction of sp³-hybridized carbons (Fsp3) is 0.893. The quantitative estimate of drug-likeness (QED) is 0.299. The van der Waals surface area contributed by atoms with Crippen molar-refractivity contribution >= 4 is 17.0 Å². The van der Waals surface area contributed by atoms with Gasteiger partial charge in [0.25, 0.3) is 0 Å². The monoisotopic (exact) mass is 448 g/mol. The first kappa shape index (κ1) is 23.7. The molecule has 0 aromatic heterocycles. The number of carbonyl (C=O) groups excluding carboxylic acids is 1. The Kier molecular flexibility index (Phi) is 6.89. The summed E-state index contributed by atoms with van der Waals surface area (Å²) in [5.41, 5.74) is 1.77. The van der Waals surface area contributed by atoms with Crippen molar-refractivity contribution < 1.29 is 9.53 Å². The van der Waals surface area contributed by atoms with Crippen LogP contribution in [0.4, 0.5) is 4.79 Å². The molecule has 31 heavy (non-hydrogen) atoms. The van der Waals surface area contributed by atoms with E-state index < -0.39 is 5.43 Å². The topological polar surface area (TPSA) is 26.3 Å². The second kappa shape index (κ2) is 9.03. The average Bonchev–Trinajstić information content (AvgIpc) is 3.05. The second-order valence-electron chi connectivity index (χ2n) is 12.5. The maximum Gasteiger partial charge on any atom is 0.404 e. The third kappa shape index (κ3) is 4.36. The fourth-order valence-corrected chi connectivity index (χ4v) is 9.01. The van der Waals surface area contributed by atoms with Crippen molar-refractivity contribution in [2.75, 3.05) is 0 Å². The van der Waals surface area contributed by atoms with Crippen LogP contribution in [0.5, 0.6) is 0 Å². The van der Waals surface area contributed by atoms with Crippen LogP contribution in [0.1, 0.15) is 105 Å². The zero-order valence-electron chi connectivity index (χ0n) is 20.6. The molecule has 0 aliphatic heterocycles. The Hall–Kier alpha value is -0.500. The minimum atomic E-state index is -0.643. The smallest absolute Gasteiger partial charge is 0.404 e. The molecule has 0 heterocycles. The first-order valence-electron chi connectivity index (χ1n) is 13.2. The Balaban J connectivity index is 1.47. The van der Waals surface area contributed by atoms with E-state index in [0.29, 0.717) is 10.8 Å². The molecule has 3 heteroatoms. The number of halogens is 1. The molecule has 0 amide bonds. The Morgan fingerprint density at radius 1 is 1.10 bits per heavy atom. The highest BCUT2D eigenvalue weighted by molar-refractivity contribution is 6.61. The van der Waals surface area contributed by atoms with E-state index >= 15 is 0 Å². The third-order valence-electron chi connectivity index (χ3n) is 10.5. The minimum Gasteiger partial charge on any atom is -0.450 e. The zero-order valence-corrected chi connectivity index (χ0v) is 21.3. The van der Waals surface area contributed by atoms with Gasteiger partial charge in [0.1, 0.15) is 6.10 Å². The van der Waals surface area contributed by atoms with Crippen molar-refractivity contribution in [3.8, 4) is 0 Å². The summed E-state index contributed by atoms with van der Waals surface area (Å²) < 4.78 is 5.38. The molecule has 2 nitrogen and oxygen atoms in total. The molecule has 3 saturated carbocycles. The van der Waals surface area contributed by atoms with Crippen molar-refractivity contribution in [3.05, 3.63) is 11.6 Å². The summed E-state index contributed by atoms with van der Waals surface area (Å²) in [7, 11) is 0. The predicted molar refractivity (Wildman–Crippen MR) is 129 cm³/mol. The SMILES string of the molecule is CC(C)CCCC(C)[C@H]1CCC2C3CC=C4CC(OC(=O)Cl)CCC4(C)C3CCC21C. The molecule has 0 bridgehead atoms. The molecule has 0 N–H and O–H groups in total. The molecule has 0 aromatic carbocycles. The molecule has 3 fully saturated rings. The van der Waals surface area contributed by atoms with Gasteiger partial charge < -0.3 is 4.74 Å². The molecule has 4 aliphatic rings. The number of rotatable bonds is 6. The van der Waals surface area contributed by atoms with Gasteiger partial charge in [0, 0.05) is 18.0 Å². The number of allylic oxidation sites excluding steroid dienone is 1. The van der Waals surface area contributed by atoms with Gasteiger partial charge in [0.15, 0.2) is 0 Å².